The first kappa shape index (κ1) is 16.3. The number of methoxy groups -OCH3 is 2. The van der Waals surface area contributed by atoms with Gasteiger partial charge in [-0.2, -0.15) is 0 Å². The Balaban J connectivity index is 2.71. The highest BCUT2D eigenvalue weighted by molar-refractivity contribution is 5.79. The highest BCUT2D eigenvalue weighted by Gasteiger charge is 2.19. The zero-order valence-corrected chi connectivity index (χ0v) is 12.5. The molecule has 0 aromatic heterocycles. The van der Waals surface area contributed by atoms with Crippen LogP contribution in [0.25, 0.3) is 0 Å². The molecule has 20 heavy (non-hydrogen) atoms. The van der Waals surface area contributed by atoms with Crippen molar-refractivity contribution in [3.8, 4) is 11.5 Å². The van der Waals surface area contributed by atoms with Gasteiger partial charge in [-0.1, -0.05) is 6.07 Å². The van der Waals surface area contributed by atoms with Gasteiger partial charge in [0, 0.05) is 12.1 Å². The smallest absolute Gasteiger partial charge is 0.224 e. The molecular weight excluding hydrogens is 258 g/mol. The van der Waals surface area contributed by atoms with E-state index in [0.717, 1.165) is 5.56 Å². The number of carbonyl (C=O) groups excluding carboxylic acids is 1. The predicted octanol–water partition coefficient (Wildman–Crippen LogP) is 1.52. The molecule has 0 fully saturated rings. The third-order valence-electron chi connectivity index (χ3n) is 3.03. The van der Waals surface area contributed by atoms with E-state index < -0.39 is 5.54 Å². The minimum Gasteiger partial charge on any atom is -0.493 e. The minimum absolute atomic E-state index is 0.0453. The van der Waals surface area contributed by atoms with Crippen molar-refractivity contribution in [1.29, 1.82) is 0 Å². The van der Waals surface area contributed by atoms with E-state index in [4.69, 9.17) is 14.6 Å². The van der Waals surface area contributed by atoms with Crippen molar-refractivity contribution < 1.29 is 19.4 Å². The standard InChI is InChI=1S/C15H23NO4/c1-15(2,7-8-17)16-14(18)10-11-5-6-12(19-3)13(9-11)20-4/h5-6,9,17H,7-8,10H2,1-4H3,(H,16,18). The molecule has 0 saturated heterocycles. The van der Waals surface area contributed by atoms with Crippen LogP contribution in [-0.4, -0.2) is 37.4 Å². The molecule has 0 radical (unpaired) electrons. The number of rotatable bonds is 7. The van der Waals surface area contributed by atoms with Gasteiger partial charge in [0.05, 0.1) is 20.6 Å². The van der Waals surface area contributed by atoms with Gasteiger partial charge in [-0.25, -0.2) is 0 Å². The minimum atomic E-state index is -0.414. The molecule has 0 aliphatic heterocycles. The van der Waals surface area contributed by atoms with Crippen molar-refractivity contribution in [2.24, 2.45) is 0 Å². The molecule has 0 unspecified atom stereocenters. The molecule has 1 rings (SSSR count). The molecule has 112 valence electrons. The van der Waals surface area contributed by atoms with Crippen LogP contribution in [0, 0.1) is 0 Å². The van der Waals surface area contributed by atoms with Gasteiger partial charge in [0.2, 0.25) is 5.91 Å². The average Bonchev–Trinajstić information content (AvgIpc) is 2.37. The number of benzene rings is 1. The second kappa shape index (κ2) is 7.14. The Hall–Kier alpha value is -1.75. The Morgan fingerprint density at radius 3 is 2.45 bits per heavy atom. The second-order valence-corrected chi connectivity index (χ2v) is 5.27. The summed E-state index contributed by atoms with van der Waals surface area (Å²) in [4.78, 5) is 12.0. The summed E-state index contributed by atoms with van der Waals surface area (Å²) >= 11 is 0. The molecule has 0 atom stereocenters. The van der Waals surface area contributed by atoms with Gasteiger partial charge in [-0.3, -0.25) is 4.79 Å². The summed E-state index contributed by atoms with van der Waals surface area (Å²) in [6, 6.07) is 5.40. The Bertz CT molecular complexity index is 457. The van der Waals surface area contributed by atoms with E-state index in [0.29, 0.717) is 17.9 Å². The summed E-state index contributed by atoms with van der Waals surface area (Å²) in [5.74, 6) is 1.15. The summed E-state index contributed by atoms with van der Waals surface area (Å²) in [6.07, 6.45) is 0.778. The molecule has 0 spiro atoms. The van der Waals surface area contributed by atoms with Crippen molar-refractivity contribution >= 4 is 5.91 Å². The fourth-order valence-electron chi connectivity index (χ4n) is 1.94. The zero-order chi connectivity index (χ0) is 15.2. The normalized spacial score (nSPS) is 11.1. The lowest BCUT2D eigenvalue weighted by molar-refractivity contribution is -0.122. The van der Waals surface area contributed by atoms with Gasteiger partial charge < -0.3 is 19.9 Å². The van der Waals surface area contributed by atoms with Crippen molar-refractivity contribution in [2.75, 3.05) is 20.8 Å². The van der Waals surface area contributed by atoms with Gasteiger partial charge in [0.15, 0.2) is 11.5 Å². The van der Waals surface area contributed by atoms with Crippen molar-refractivity contribution in [2.45, 2.75) is 32.2 Å². The van der Waals surface area contributed by atoms with Gasteiger partial charge >= 0.3 is 0 Å². The Labute approximate surface area is 119 Å². The quantitative estimate of drug-likeness (QED) is 0.795. The fraction of sp³-hybridized carbons (Fsp3) is 0.533. The van der Waals surface area contributed by atoms with Crippen LogP contribution in [0.4, 0.5) is 0 Å². The molecule has 2 N–H and O–H groups in total. The maximum atomic E-state index is 12.0. The predicted molar refractivity (Wildman–Crippen MR) is 77.2 cm³/mol. The SMILES string of the molecule is COc1ccc(CC(=O)NC(C)(C)CCO)cc1OC. The van der Waals surface area contributed by atoms with Gasteiger partial charge in [-0.05, 0) is 38.0 Å². The summed E-state index contributed by atoms with van der Waals surface area (Å²) in [7, 11) is 3.13. The lowest BCUT2D eigenvalue weighted by Crippen LogP contribution is -2.44. The van der Waals surface area contributed by atoms with E-state index in [1.54, 1.807) is 26.4 Å². The monoisotopic (exact) mass is 281 g/mol. The van der Waals surface area contributed by atoms with Crippen LogP contribution >= 0.6 is 0 Å². The van der Waals surface area contributed by atoms with Crippen molar-refractivity contribution in [3.63, 3.8) is 0 Å². The number of nitrogens with one attached hydrogen (secondary N) is 1. The van der Waals surface area contributed by atoms with Crippen LogP contribution < -0.4 is 14.8 Å². The molecule has 0 bridgehead atoms. The van der Waals surface area contributed by atoms with E-state index in [1.807, 2.05) is 19.9 Å². The summed E-state index contributed by atoms with van der Waals surface area (Å²) in [6.45, 7) is 3.81. The maximum absolute atomic E-state index is 12.0. The van der Waals surface area contributed by atoms with Crippen LogP contribution in [-0.2, 0) is 11.2 Å². The van der Waals surface area contributed by atoms with Crippen molar-refractivity contribution in [3.05, 3.63) is 23.8 Å². The molecule has 5 heteroatoms. The topological polar surface area (TPSA) is 67.8 Å². The number of ether oxygens (including phenoxy) is 2. The van der Waals surface area contributed by atoms with Crippen LogP contribution in [0.2, 0.25) is 0 Å². The number of hydrogen-bond donors (Lipinski definition) is 2. The molecule has 1 aromatic rings. The van der Waals surface area contributed by atoms with Crippen LogP contribution in [0.3, 0.4) is 0 Å². The molecule has 0 saturated carbocycles. The van der Waals surface area contributed by atoms with Gasteiger partial charge in [0.1, 0.15) is 0 Å². The lowest BCUT2D eigenvalue weighted by Gasteiger charge is -2.25. The van der Waals surface area contributed by atoms with Crippen LogP contribution in [0.1, 0.15) is 25.8 Å². The molecular formula is C15H23NO4. The number of aliphatic hydroxyl groups is 1. The van der Waals surface area contributed by atoms with Crippen LogP contribution in [0.15, 0.2) is 18.2 Å². The second-order valence-electron chi connectivity index (χ2n) is 5.27. The molecule has 0 aliphatic rings. The van der Waals surface area contributed by atoms with Gasteiger partial charge in [0.25, 0.3) is 0 Å². The Morgan fingerprint density at radius 1 is 1.25 bits per heavy atom. The molecule has 1 amide bonds. The Kier molecular flexibility index (Phi) is 5.82. The number of aliphatic hydroxyl groups excluding tert-OH is 1. The number of amides is 1. The van der Waals surface area contributed by atoms with Gasteiger partial charge in [-0.15, -0.1) is 0 Å². The maximum Gasteiger partial charge on any atom is 0.224 e. The van der Waals surface area contributed by atoms with E-state index in [-0.39, 0.29) is 18.9 Å². The summed E-state index contributed by atoms with van der Waals surface area (Å²) in [5, 5.41) is 11.8. The molecule has 1 aromatic carbocycles. The first-order valence-electron chi connectivity index (χ1n) is 6.54. The van der Waals surface area contributed by atoms with E-state index in [2.05, 4.69) is 5.32 Å². The average molecular weight is 281 g/mol. The third kappa shape index (κ3) is 4.74. The fourth-order valence-corrected chi connectivity index (χ4v) is 1.94. The summed E-state index contributed by atoms with van der Waals surface area (Å²) in [5.41, 5.74) is 0.433. The third-order valence-corrected chi connectivity index (χ3v) is 3.03. The first-order valence-corrected chi connectivity index (χ1v) is 6.54. The number of hydrogen-bond acceptors (Lipinski definition) is 4. The molecule has 0 aliphatic carbocycles. The molecule has 5 nitrogen and oxygen atoms in total. The highest BCUT2D eigenvalue weighted by Crippen LogP contribution is 2.27. The summed E-state index contributed by atoms with van der Waals surface area (Å²) < 4.78 is 10.4. The van der Waals surface area contributed by atoms with E-state index >= 15 is 0 Å². The van der Waals surface area contributed by atoms with Crippen LogP contribution in [0.5, 0.6) is 11.5 Å². The van der Waals surface area contributed by atoms with Crippen molar-refractivity contribution in [1.82, 2.24) is 5.32 Å². The number of carbonyl (C=O) groups is 1. The largest absolute Gasteiger partial charge is 0.493 e. The van der Waals surface area contributed by atoms with E-state index in [1.165, 1.54) is 0 Å². The lowest BCUT2D eigenvalue weighted by atomic mass is 10.0. The molecule has 0 heterocycles. The van der Waals surface area contributed by atoms with E-state index in [9.17, 15) is 4.79 Å². The highest BCUT2D eigenvalue weighted by atomic mass is 16.5. The Morgan fingerprint density at radius 2 is 1.90 bits per heavy atom. The zero-order valence-electron chi connectivity index (χ0n) is 12.5. The first-order chi connectivity index (χ1) is 9.41.